The lowest BCUT2D eigenvalue weighted by Crippen LogP contribution is -2.09. The molecular weight excluding hydrogens is 220 g/mol. The Labute approximate surface area is 103 Å². The van der Waals surface area contributed by atoms with E-state index in [-0.39, 0.29) is 11.8 Å². The Hall–Kier alpha value is -1.06. The second kappa shape index (κ2) is 9.02. The molecule has 0 aliphatic rings. The Balaban J connectivity index is 3.30. The van der Waals surface area contributed by atoms with Gasteiger partial charge in [0, 0.05) is 0 Å². The van der Waals surface area contributed by atoms with Crippen LogP contribution in [0.5, 0.6) is 0 Å². The van der Waals surface area contributed by atoms with Crippen LogP contribution in [0, 0.1) is 11.8 Å². The van der Waals surface area contributed by atoms with Crippen molar-refractivity contribution in [1.82, 2.24) is 0 Å². The maximum atomic E-state index is 10.5. The van der Waals surface area contributed by atoms with E-state index in [0.717, 1.165) is 44.9 Å². The van der Waals surface area contributed by atoms with Crippen molar-refractivity contribution >= 4 is 11.9 Å². The van der Waals surface area contributed by atoms with Crippen LogP contribution in [0.3, 0.4) is 0 Å². The fourth-order valence-electron chi connectivity index (χ4n) is 1.68. The van der Waals surface area contributed by atoms with E-state index < -0.39 is 11.9 Å². The molecule has 2 N–H and O–H groups in total. The van der Waals surface area contributed by atoms with E-state index in [4.69, 9.17) is 10.2 Å². The van der Waals surface area contributed by atoms with Gasteiger partial charge in [-0.2, -0.15) is 0 Å². The Morgan fingerprint density at radius 3 is 1.35 bits per heavy atom. The molecule has 2 unspecified atom stereocenters. The minimum absolute atomic E-state index is 0.248. The number of rotatable bonds is 10. The Morgan fingerprint density at radius 1 is 0.765 bits per heavy atom. The van der Waals surface area contributed by atoms with Crippen LogP contribution in [0.1, 0.15) is 58.8 Å². The molecule has 0 rings (SSSR count). The van der Waals surface area contributed by atoms with E-state index in [2.05, 4.69) is 0 Å². The molecule has 2 atom stereocenters. The average molecular weight is 244 g/mol. The number of unbranched alkanes of at least 4 members (excludes halogenated alkanes) is 4. The summed E-state index contributed by atoms with van der Waals surface area (Å²) in [6.45, 7) is 3.47. The molecular formula is C13H24O4. The van der Waals surface area contributed by atoms with Crippen molar-refractivity contribution in [3.05, 3.63) is 0 Å². The molecule has 0 aromatic carbocycles. The quantitative estimate of drug-likeness (QED) is 0.579. The highest BCUT2D eigenvalue weighted by atomic mass is 16.4. The van der Waals surface area contributed by atoms with Gasteiger partial charge in [-0.3, -0.25) is 9.59 Å². The van der Waals surface area contributed by atoms with Gasteiger partial charge >= 0.3 is 11.9 Å². The minimum atomic E-state index is -0.722. The molecule has 4 nitrogen and oxygen atoms in total. The van der Waals surface area contributed by atoms with Gasteiger partial charge in [0.15, 0.2) is 0 Å². The molecule has 0 spiro atoms. The van der Waals surface area contributed by atoms with E-state index >= 15 is 0 Å². The molecule has 0 aromatic rings. The first kappa shape index (κ1) is 15.9. The SMILES string of the molecule is CC(CCCCCCCC(C)C(=O)O)C(=O)O. The predicted molar refractivity (Wildman–Crippen MR) is 65.9 cm³/mol. The van der Waals surface area contributed by atoms with Crippen LogP contribution in [0.25, 0.3) is 0 Å². The first-order chi connectivity index (χ1) is 7.95. The van der Waals surface area contributed by atoms with E-state index in [1.165, 1.54) is 0 Å². The second-order valence-electron chi connectivity index (χ2n) is 4.82. The first-order valence-corrected chi connectivity index (χ1v) is 6.40. The summed E-state index contributed by atoms with van der Waals surface area (Å²) in [7, 11) is 0. The summed E-state index contributed by atoms with van der Waals surface area (Å²) in [4.78, 5) is 21.1. The van der Waals surface area contributed by atoms with E-state index in [1.807, 2.05) is 0 Å². The Morgan fingerprint density at radius 2 is 1.06 bits per heavy atom. The highest BCUT2D eigenvalue weighted by molar-refractivity contribution is 5.69. The standard InChI is InChI=1S/C13H24O4/c1-10(12(14)15)8-6-4-3-5-7-9-11(2)13(16)17/h10-11H,3-9H2,1-2H3,(H,14,15)(H,16,17). The zero-order valence-electron chi connectivity index (χ0n) is 10.8. The number of aliphatic carboxylic acids is 2. The zero-order valence-corrected chi connectivity index (χ0v) is 10.8. The van der Waals surface area contributed by atoms with Gasteiger partial charge in [0.05, 0.1) is 11.8 Å². The van der Waals surface area contributed by atoms with Gasteiger partial charge in [0.2, 0.25) is 0 Å². The Kier molecular flexibility index (Phi) is 8.46. The van der Waals surface area contributed by atoms with Crippen LogP contribution in [-0.4, -0.2) is 22.2 Å². The number of hydrogen-bond donors (Lipinski definition) is 2. The van der Waals surface area contributed by atoms with Crippen LogP contribution in [0.15, 0.2) is 0 Å². The number of carboxylic acid groups (broad SMARTS) is 2. The van der Waals surface area contributed by atoms with E-state index in [1.54, 1.807) is 13.8 Å². The molecule has 0 saturated heterocycles. The lowest BCUT2D eigenvalue weighted by Gasteiger charge is -2.07. The molecule has 0 heterocycles. The third kappa shape index (κ3) is 8.72. The lowest BCUT2D eigenvalue weighted by molar-refractivity contribution is -0.142. The highest BCUT2D eigenvalue weighted by Gasteiger charge is 2.10. The van der Waals surface area contributed by atoms with Gasteiger partial charge in [-0.15, -0.1) is 0 Å². The van der Waals surface area contributed by atoms with Crippen molar-refractivity contribution < 1.29 is 19.8 Å². The van der Waals surface area contributed by atoms with Gasteiger partial charge in [-0.1, -0.05) is 46.0 Å². The average Bonchev–Trinajstić information content (AvgIpc) is 2.26. The maximum absolute atomic E-state index is 10.5. The Bertz CT molecular complexity index is 214. The molecule has 0 radical (unpaired) electrons. The smallest absolute Gasteiger partial charge is 0.306 e. The summed E-state index contributed by atoms with van der Waals surface area (Å²) < 4.78 is 0. The number of hydrogen-bond acceptors (Lipinski definition) is 2. The highest BCUT2D eigenvalue weighted by Crippen LogP contribution is 2.14. The van der Waals surface area contributed by atoms with Crippen molar-refractivity contribution in [2.75, 3.05) is 0 Å². The van der Waals surface area contributed by atoms with E-state index in [9.17, 15) is 9.59 Å². The van der Waals surface area contributed by atoms with Gasteiger partial charge < -0.3 is 10.2 Å². The normalized spacial score (nSPS) is 14.2. The summed E-state index contributed by atoms with van der Waals surface area (Å²) in [6, 6.07) is 0. The molecule has 0 aliphatic heterocycles. The molecule has 0 fully saturated rings. The van der Waals surface area contributed by atoms with Gasteiger partial charge in [-0.05, 0) is 12.8 Å². The topological polar surface area (TPSA) is 74.6 Å². The second-order valence-corrected chi connectivity index (χ2v) is 4.82. The molecule has 17 heavy (non-hydrogen) atoms. The predicted octanol–water partition coefficient (Wildman–Crippen LogP) is 3.16. The van der Waals surface area contributed by atoms with Gasteiger partial charge in [-0.25, -0.2) is 0 Å². The molecule has 100 valence electrons. The van der Waals surface area contributed by atoms with Crippen molar-refractivity contribution in [1.29, 1.82) is 0 Å². The van der Waals surface area contributed by atoms with Crippen LogP contribution >= 0.6 is 0 Å². The number of carboxylic acids is 2. The molecule has 0 amide bonds. The third-order valence-electron chi connectivity index (χ3n) is 3.12. The minimum Gasteiger partial charge on any atom is -0.481 e. The summed E-state index contributed by atoms with van der Waals surface area (Å²) in [5.74, 6) is -1.94. The first-order valence-electron chi connectivity index (χ1n) is 6.40. The fraction of sp³-hybridized carbons (Fsp3) is 0.846. The summed E-state index contributed by atoms with van der Waals surface area (Å²) in [5, 5.41) is 17.4. The van der Waals surface area contributed by atoms with Crippen molar-refractivity contribution in [3.63, 3.8) is 0 Å². The molecule has 0 aromatic heterocycles. The van der Waals surface area contributed by atoms with Crippen molar-refractivity contribution in [3.8, 4) is 0 Å². The molecule has 0 aliphatic carbocycles. The van der Waals surface area contributed by atoms with Crippen LogP contribution in [-0.2, 0) is 9.59 Å². The molecule has 4 heteroatoms. The van der Waals surface area contributed by atoms with E-state index in [0.29, 0.717) is 0 Å². The monoisotopic (exact) mass is 244 g/mol. The number of carbonyl (C=O) groups is 2. The molecule has 0 saturated carbocycles. The zero-order chi connectivity index (χ0) is 13.3. The van der Waals surface area contributed by atoms with Crippen LogP contribution < -0.4 is 0 Å². The van der Waals surface area contributed by atoms with Gasteiger partial charge in [0.1, 0.15) is 0 Å². The van der Waals surface area contributed by atoms with Crippen LogP contribution in [0.2, 0.25) is 0 Å². The van der Waals surface area contributed by atoms with Crippen molar-refractivity contribution in [2.24, 2.45) is 11.8 Å². The summed E-state index contributed by atoms with van der Waals surface area (Å²) >= 11 is 0. The maximum Gasteiger partial charge on any atom is 0.306 e. The lowest BCUT2D eigenvalue weighted by atomic mass is 10.00. The van der Waals surface area contributed by atoms with Gasteiger partial charge in [0.25, 0.3) is 0 Å². The summed E-state index contributed by atoms with van der Waals surface area (Å²) in [6.07, 6.45) is 6.52. The summed E-state index contributed by atoms with van der Waals surface area (Å²) in [5.41, 5.74) is 0. The third-order valence-corrected chi connectivity index (χ3v) is 3.12. The van der Waals surface area contributed by atoms with Crippen LogP contribution in [0.4, 0.5) is 0 Å². The largest absolute Gasteiger partial charge is 0.481 e. The molecule has 0 bridgehead atoms. The fourth-order valence-corrected chi connectivity index (χ4v) is 1.68. The van der Waals surface area contributed by atoms with Crippen molar-refractivity contribution in [2.45, 2.75) is 58.8 Å².